The van der Waals surface area contributed by atoms with E-state index < -0.39 is 0 Å². The maximum absolute atomic E-state index is 12.3. The number of ketones is 1. The average Bonchev–Trinajstić information content (AvgIpc) is 3.19. The number of hydrogen-bond donors (Lipinski definition) is 0. The van der Waals surface area contributed by atoms with Gasteiger partial charge in [-0.1, -0.05) is 0 Å². The fourth-order valence-electron chi connectivity index (χ4n) is 4.56. The Hall–Kier alpha value is -1.99. The molecule has 5 heterocycles. The molecule has 138 valence electrons. The molecule has 0 spiro atoms. The van der Waals surface area contributed by atoms with Crippen LogP contribution in [0.25, 0.3) is 11.0 Å². The first-order chi connectivity index (χ1) is 12.7. The van der Waals surface area contributed by atoms with Crippen molar-refractivity contribution < 1.29 is 14.3 Å². The molecule has 7 heteroatoms. The van der Waals surface area contributed by atoms with Crippen LogP contribution in [0.2, 0.25) is 0 Å². The number of ether oxygens (including phenoxy) is 2. The maximum atomic E-state index is 12.3. The van der Waals surface area contributed by atoms with Crippen LogP contribution in [0.5, 0.6) is 0 Å². The van der Waals surface area contributed by atoms with Crippen molar-refractivity contribution in [2.75, 3.05) is 24.7 Å². The highest BCUT2D eigenvalue weighted by Crippen LogP contribution is 2.35. The molecule has 0 aromatic carbocycles. The topological polar surface area (TPSA) is 69.5 Å². The number of nitrogens with zero attached hydrogens (tertiary/aromatic N) is 4. The standard InChI is InChI=1S/C19H24N4O3/c1-12(24)15-8-17(22-13-5-6-14(22)11-25-10-13)21-19-16(15)9-20-23(19)18-4-2-3-7-26-18/h8-9,13-14,18H,2-7,10-11H2,1H3. The highest BCUT2D eigenvalue weighted by atomic mass is 16.5. The first kappa shape index (κ1) is 16.2. The van der Waals surface area contributed by atoms with E-state index in [1.807, 2.05) is 10.7 Å². The second-order valence-corrected chi connectivity index (χ2v) is 7.56. The van der Waals surface area contributed by atoms with Crippen molar-refractivity contribution in [3.05, 3.63) is 17.8 Å². The average molecular weight is 356 g/mol. The Morgan fingerprint density at radius 2 is 2.00 bits per heavy atom. The molecule has 7 nitrogen and oxygen atoms in total. The predicted molar refractivity (Wildman–Crippen MR) is 96.5 cm³/mol. The summed E-state index contributed by atoms with van der Waals surface area (Å²) in [5.74, 6) is 0.916. The summed E-state index contributed by atoms with van der Waals surface area (Å²) in [7, 11) is 0. The van der Waals surface area contributed by atoms with E-state index in [-0.39, 0.29) is 12.0 Å². The van der Waals surface area contributed by atoms with Gasteiger partial charge in [-0.3, -0.25) is 4.79 Å². The lowest BCUT2D eigenvalue weighted by Crippen LogP contribution is -2.46. The minimum Gasteiger partial charge on any atom is -0.377 e. The molecule has 3 unspecified atom stereocenters. The molecule has 3 aliphatic heterocycles. The molecular formula is C19H24N4O3. The van der Waals surface area contributed by atoms with Gasteiger partial charge in [0, 0.05) is 12.2 Å². The van der Waals surface area contributed by atoms with Crippen LogP contribution in [0.15, 0.2) is 12.3 Å². The number of anilines is 1. The summed E-state index contributed by atoms with van der Waals surface area (Å²) >= 11 is 0. The second kappa shape index (κ2) is 6.32. The predicted octanol–water partition coefficient (Wildman–Crippen LogP) is 2.70. The molecule has 0 amide bonds. The lowest BCUT2D eigenvalue weighted by Gasteiger charge is -2.36. The summed E-state index contributed by atoms with van der Waals surface area (Å²) in [4.78, 5) is 19.6. The van der Waals surface area contributed by atoms with Gasteiger partial charge < -0.3 is 14.4 Å². The van der Waals surface area contributed by atoms with Crippen LogP contribution >= 0.6 is 0 Å². The lowest BCUT2D eigenvalue weighted by atomic mass is 10.1. The number of Topliss-reactive ketones (excluding diaryl/α,β-unsaturated/α-hetero) is 1. The summed E-state index contributed by atoms with van der Waals surface area (Å²) in [5, 5.41) is 5.35. The monoisotopic (exact) mass is 356 g/mol. The summed E-state index contributed by atoms with van der Waals surface area (Å²) in [6.45, 7) is 3.83. The summed E-state index contributed by atoms with van der Waals surface area (Å²) in [6, 6.07) is 2.64. The zero-order valence-corrected chi connectivity index (χ0v) is 15.1. The van der Waals surface area contributed by atoms with Gasteiger partial charge >= 0.3 is 0 Å². The van der Waals surface area contributed by atoms with Crippen LogP contribution in [0.3, 0.4) is 0 Å². The van der Waals surface area contributed by atoms with Gasteiger partial charge in [-0.2, -0.15) is 5.10 Å². The Morgan fingerprint density at radius 3 is 2.69 bits per heavy atom. The minimum atomic E-state index is -0.0924. The molecule has 26 heavy (non-hydrogen) atoms. The number of morpholine rings is 1. The first-order valence-electron chi connectivity index (χ1n) is 9.59. The van der Waals surface area contributed by atoms with Crippen LogP contribution in [0, 0.1) is 0 Å². The van der Waals surface area contributed by atoms with Gasteiger partial charge in [0.15, 0.2) is 17.7 Å². The van der Waals surface area contributed by atoms with E-state index >= 15 is 0 Å². The quantitative estimate of drug-likeness (QED) is 0.788. The minimum absolute atomic E-state index is 0.0448. The summed E-state index contributed by atoms with van der Waals surface area (Å²) < 4.78 is 13.5. The van der Waals surface area contributed by atoms with E-state index in [0.717, 1.165) is 68.8 Å². The molecule has 2 bridgehead atoms. The maximum Gasteiger partial charge on any atom is 0.163 e. The largest absolute Gasteiger partial charge is 0.377 e. The number of hydrogen-bond acceptors (Lipinski definition) is 6. The van der Waals surface area contributed by atoms with Gasteiger partial charge in [-0.05, 0) is 45.1 Å². The smallest absolute Gasteiger partial charge is 0.163 e. The fraction of sp³-hybridized carbons (Fsp3) is 0.632. The highest BCUT2D eigenvalue weighted by molar-refractivity contribution is 6.06. The lowest BCUT2D eigenvalue weighted by molar-refractivity contribution is -0.0370. The van der Waals surface area contributed by atoms with Crippen molar-refractivity contribution in [3.8, 4) is 0 Å². The number of carbonyl (C=O) groups is 1. The molecule has 0 aliphatic carbocycles. The molecular weight excluding hydrogens is 332 g/mol. The Labute approximate surface area is 152 Å². The van der Waals surface area contributed by atoms with Crippen LogP contribution in [-0.2, 0) is 9.47 Å². The molecule has 0 N–H and O–H groups in total. The van der Waals surface area contributed by atoms with Gasteiger partial charge in [0.05, 0.1) is 36.9 Å². The summed E-state index contributed by atoms with van der Waals surface area (Å²) in [6.07, 6.45) is 7.04. The van der Waals surface area contributed by atoms with Crippen LogP contribution in [0.4, 0.5) is 5.82 Å². The second-order valence-electron chi connectivity index (χ2n) is 7.56. The third-order valence-corrected chi connectivity index (χ3v) is 5.87. The zero-order valence-electron chi connectivity index (χ0n) is 15.1. The van der Waals surface area contributed by atoms with E-state index in [1.165, 1.54) is 0 Å². The van der Waals surface area contributed by atoms with E-state index in [2.05, 4.69) is 10.00 Å². The van der Waals surface area contributed by atoms with E-state index in [0.29, 0.717) is 17.6 Å². The van der Waals surface area contributed by atoms with Gasteiger partial charge in [-0.25, -0.2) is 9.67 Å². The third-order valence-electron chi connectivity index (χ3n) is 5.87. The van der Waals surface area contributed by atoms with Gasteiger partial charge in [0.2, 0.25) is 0 Å². The van der Waals surface area contributed by atoms with Crippen LogP contribution < -0.4 is 4.90 Å². The molecule has 2 aromatic heterocycles. The Balaban J connectivity index is 1.63. The molecule has 2 aromatic rings. The van der Waals surface area contributed by atoms with Crippen molar-refractivity contribution in [2.45, 2.75) is 57.3 Å². The molecule has 3 saturated heterocycles. The number of pyridine rings is 1. The number of fused-ring (bicyclic) bond motifs is 3. The molecule has 0 radical (unpaired) electrons. The molecule has 3 fully saturated rings. The highest BCUT2D eigenvalue weighted by Gasteiger charge is 2.38. The summed E-state index contributed by atoms with van der Waals surface area (Å²) in [5.41, 5.74) is 1.45. The van der Waals surface area contributed by atoms with Crippen molar-refractivity contribution in [1.82, 2.24) is 14.8 Å². The number of rotatable bonds is 3. The van der Waals surface area contributed by atoms with Gasteiger partial charge in [0.1, 0.15) is 5.82 Å². The number of carbonyl (C=O) groups excluding carboxylic acids is 1. The third kappa shape index (κ3) is 2.53. The molecule has 5 rings (SSSR count). The molecule has 0 saturated carbocycles. The fourth-order valence-corrected chi connectivity index (χ4v) is 4.56. The van der Waals surface area contributed by atoms with Crippen molar-refractivity contribution in [3.63, 3.8) is 0 Å². The first-order valence-corrected chi connectivity index (χ1v) is 9.59. The zero-order chi connectivity index (χ0) is 17.7. The molecule has 3 atom stereocenters. The Kier molecular flexibility index (Phi) is 3.94. The molecule has 3 aliphatic rings. The van der Waals surface area contributed by atoms with E-state index in [9.17, 15) is 4.79 Å². The van der Waals surface area contributed by atoms with Crippen LogP contribution in [0.1, 0.15) is 55.6 Å². The van der Waals surface area contributed by atoms with Gasteiger partial charge in [-0.15, -0.1) is 0 Å². The van der Waals surface area contributed by atoms with Crippen molar-refractivity contribution in [1.29, 1.82) is 0 Å². The number of aromatic nitrogens is 3. The van der Waals surface area contributed by atoms with Crippen molar-refractivity contribution >= 4 is 22.6 Å². The SMILES string of the molecule is CC(=O)c1cc(N2C3CCC2COC3)nc2c1cnn2C1CCCCO1. The van der Waals surface area contributed by atoms with Gasteiger partial charge in [0.25, 0.3) is 0 Å². The normalized spacial score (nSPS) is 28.7. The Morgan fingerprint density at radius 1 is 1.19 bits per heavy atom. The van der Waals surface area contributed by atoms with Crippen molar-refractivity contribution in [2.24, 2.45) is 0 Å². The van der Waals surface area contributed by atoms with E-state index in [4.69, 9.17) is 14.5 Å². The Bertz CT molecular complexity index is 827. The van der Waals surface area contributed by atoms with Crippen LogP contribution in [-0.4, -0.2) is 52.5 Å². The van der Waals surface area contributed by atoms with E-state index in [1.54, 1.807) is 13.1 Å².